The molecule has 0 aromatic heterocycles. The van der Waals surface area contributed by atoms with Gasteiger partial charge in [-0.05, 0) is 36.6 Å². The molecule has 1 saturated heterocycles. The Morgan fingerprint density at radius 1 is 1.47 bits per heavy atom. The Balaban J connectivity index is 2.03. The van der Waals surface area contributed by atoms with Crippen molar-refractivity contribution in [2.45, 2.75) is 6.42 Å². The molecule has 19 heavy (non-hydrogen) atoms. The Hall–Kier alpha value is -1.03. The molecule has 1 unspecified atom stereocenters. The normalized spacial score (nSPS) is 19.3. The molecule has 1 fully saturated rings. The third-order valence-corrected chi connectivity index (χ3v) is 4.15. The molecule has 1 atom stereocenters. The highest BCUT2D eigenvalue weighted by atomic mass is 35.5. The molecule has 0 bridgehead atoms. The van der Waals surface area contributed by atoms with E-state index in [2.05, 4.69) is 0 Å². The Morgan fingerprint density at radius 3 is 2.95 bits per heavy atom. The number of benzene rings is 1. The number of hydrogen-bond donors (Lipinski definition) is 1. The highest BCUT2D eigenvalue weighted by Crippen LogP contribution is 2.26. The number of nitrogens with zero attached hydrogens (tertiary/aromatic N) is 1. The zero-order chi connectivity index (χ0) is 13.8. The number of likely N-dealkylation sites (tertiary alicyclic amines) is 1. The summed E-state index contributed by atoms with van der Waals surface area (Å²) in [5.74, 6) is 0.416. The summed E-state index contributed by atoms with van der Waals surface area (Å²) in [5, 5.41) is 0.954. The number of amides is 1. The van der Waals surface area contributed by atoms with Crippen molar-refractivity contribution in [1.29, 1.82) is 0 Å². The second kappa shape index (κ2) is 6.42. The van der Waals surface area contributed by atoms with Gasteiger partial charge in [-0.3, -0.25) is 4.79 Å². The largest absolute Gasteiger partial charge is 0.339 e. The predicted molar refractivity (Wildman–Crippen MR) is 79.2 cm³/mol. The van der Waals surface area contributed by atoms with Crippen molar-refractivity contribution in [3.05, 3.63) is 39.9 Å². The average Bonchev–Trinajstić information content (AvgIpc) is 2.89. The first-order chi connectivity index (χ1) is 9.11. The number of carbonyl (C=O) groups is 1. The molecule has 1 heterocycles. The van der Waals surface area contributed by atoms with E-state index in [0.717, 1.165) is 25.1 Å². The minimum absolute atomic E-state index is 0.00741. The van der Waals surface area contributed by atoms with Gasteiger partial charge in [0.1, 0.15) is 0 Å². The van der Waals surface area contributed by atoms with E-state index in [1.807, 2.05) is 11.0 Å². The topological polar surface area (TPSA) is 46.3 Å². The van der Waals surface area contributed by atoms with Crippen LogP contribution in [0.25, 0.3) is 6.08 Å². The summed E-state index contributed by atoms with van der Waals surface area (Å²) in [6.07, 6.45) is 4.22. The lowest BCUT2D eigenvalue weighted by Gasteiger charge is -2.13. The average molecular weight is 299 g/mol. The first-order valence-corrected chi connectivity index (χ1v) is 6.98. The SMILES string of the molecule is NCC1CCN(C(=O)/C=C/c2cccc(Cl)c2Cl)C1. The first-order valence-electron chi connectivity index (χ1n) is 6.23. The van der Waals surface area contributed by atoms with Gasteiger partial charge in [0.05, 0.1) is 10.0 Å². The van der Waals surface area contributed by atoms with Gasteiger partial charge >= 0.3 is 0 Å². The molecule has 1 aliphatic heterocycles. The molecule has 0 radical (unpaired) electrons. The number of carbonyl (C=O) groups excluding carboxylic acids is 1. The van der Waals surface area contributed by atoms with E-state index in [1.54, 1.807) is 18.2 Å². The smallest absolute Gasteiger partial charge is 0.246 e. The van der Waals surface area contributed by atoms with E-state index in [9.17, 15) is 4.79 Å². The van der Waals surface area contributed by atoms with Gasteiger partial charge in [0.25, 0.3) is 0 Å². The minimum atomic E-state index is -0.00741. The van der Waals surface area contributed by atoms with Crippen molar-refractivity contribution < 1.29 is 4.79 Å². The van der Waals surface area contributed by atoms with Crippen LogP contribution in [0.4, 0.5) is 0 Å². The third kappa shape index (κ3) is 3.50. The summed E-state index contributed by atoms with van der Waals surface area (Å²) in [4.78, 5) is 13.8. The van der Waals surface area contributed by atoms with Crippen molar-refractivity contribution in [1.82, 2.24) is 4.90 Å². The molecule has 2 N–H and O–H groups in total. The maximum atomic E-state index is 12.0. The zero-order valence-corrected chi connectivity index (χ0v) is 12.0. The standard InChI is InChI=1S/C14H16Cl2N2O/c15-12-3-1-2-11(14(12)16)4-5-13(19)18-7-6-10(8-17)9-18/h1-5,10H,6-9,17H2/b5-4+. The molecule has 1 aromatic carbocycles. The molecule has 1 aliphatic rings. The zero-order valence-electron chi connectivity index (χ0n) is 10.5. The van der Waals surface area contributed by atoms with Gasteiger partial charge in [-0.25, -0.2) is 0 Å². The Kier molecular flexibility index (Phi) is 4.86. The van der Waals surface area contributed by atoms with E-state index in [0.29, 0.717) is 22.5 Å². The first kappa shape index (κ1) is 14.4. The van der Waals surface area contributed by atoms with Crippen LogP contribution in [-0.4, -0.2) is 30.4 Å². The van der Waals surface area contributed by atoms with Crippen LogP contribution in [0.5, 0.6) is 0 Å². The Morgan fingerprint density at radius 2 is 2.26 bits per heavy atom. The van der Waals surface area contributed by atoms with Gasteiger partial charge < -0.3 is 10.6 Å². The summed E-state index contributed by atoms with van der Waals surface area (Å²) >= 11 is 12.0. The second-order valence-corrected chi connectivity index (χ2v) is 5.44. The lowest BCUT2D eigenvalue weighted by molar-refractivity contribution is -0.125. The molecule has 0 spiro atoms. The van der Waals surface area contributed by atoms with Gasteiger partial charge in [-0.1, -0.05) is 35.3 Å². The van der Waals surface area contributed by atoms with Crippen molar-refractivity contribution in [2.24, 2.45) is 11.7 Å². The van der Waals surface area contributed by atoms with Crippen LogP contribution in [0, 0.1) is 5.92 Å². The molecule has 1 amide bonds. The quantitative estimate of drug-likeness (QED) is 0.872. The second-order valence-electron chi connectivity index (χ2n) is 4.65. The summed E-state index contributed by atoms with van der Waals surface area (Å²) in [5.41, 5.74) is 6.36. The van der Waals surface area contributed by atoms with E-state index >= 15 is 0 Å². The van der Waals surface area contributed by atoms with Crippen LogP contribution in [0.1, 0.15) is 12.0 Å². The molecule has 102 valence electrons. The molecule has 0 aliphatic carbocycles. The fourth-order valence-electron chi connectivity index (χ4n) is 2.14. The van der Waals surface area contributed by atoms with Gasteiger partial charge in [0, 0.05) is 19.2 Å². The molecule has 1 aromatic rings. The lowest BCUT2D eigenvalue weighted by Crippen LogP contribution is -2.28. The number of halogens is 2. The Bertz CT molecular complexity index is 502. The van der Waals surface area contributed by atoms with Crippen molar-refractivity contribution >= 4 is 35.2 Å². The van der Waals surface area contributed by atoms with Crippen LogP contribution in [0.15, 0.2) is 24.3 Å². The van der Waals surface area contributed by atoms with Crippen LogP contribution < -0.4 is 5.73 Å². The summed E-state index contributed by atoms with van der Waals surface area (Å²) < 4.78 is 0. The number of nitrogens with two attached hydrogens (primary N) is 1. The van der Waals surface area contributed by atoms with Crippen LogP contribution >= 0.6 is 23.2 Å². The van der Waals surface area contributed by atoms with E-state index < -0.39 is 0 Å². The summed E-state index contributed by atoms with van der Waals surface area (Å²) in [6.45, 7) is 2.14. The number of hydrogen-bond acceptors (Lipinski definition) is 2. The number of rotatable bonds is 3. The summed E-state index contributed by atoms with van der Waals surface area (Å²) in [7, 11) is 0. The molecule has 0 saturated carbocycles. The molecule has 3 nitrogen and oxygen atoms in total. The van der Waals surface area contributed by atoms with E-state index in [4.69, 9.17) is 28.9 Å². The van der Waals surface area contributed by atoms with Gasteiger partial charge in [-0.15, -0.1) is 0 Å². The van der Waals surface area contributed by atoms with Gasteiger partial charge in [0.2, 0.25) is 5.91 Å². The molecular formula is C14H16Cl2N2O. The fourth-order valence-corrected chi connectivity index (χ4v) is 2.51. The van der Waals surface area contributed by atoms with Crippen LogP contribution in [0.3, 0.4) is 0 Å². The maximum absolute atomic E-state index is 12.0. The third-order valence-electron chi connectivity index (χ3n) is 3.32. The minimum Gasteiger partial charge on any atom is -0.339 e. The van der Waals surface area contributed by atoms with Gasteiger partial charge in [0.15, 0.2) is 0 Å². The molecule has 2 rings (SSSR count). The summed E-state index contributed by atoms with van der Waals surface area (Å²) in [6, 6.07) is 5.35. The monoisotopic (exact) mass is 298 g/mol. The highest BCUT2D eigenvalue weighted by Gasteiger charge is 2.23. The maximum Gasteiger partial charge on any atom is 0.246 e. The van der Waals surface area contributed by atoms with Gasteiger partial charge in [-0.2, -0.15) is 0 Å². The van der Waals surface area contributed by atoms with Crippen LogP contribution in [0.2, 0.25) is 10.0 Å². The van der Waals surface area contributed by atoms with Crippen molar-refractivity contribution in [3.8, 4) is 0 Å². The molecule has 5 heteroatoms. The highest BCUT2D eigenvalue weighted by molar-refractivity contribution is 6.42. The lowest BCUT2D eigenvalue weighted by atomic mass is 10.1. The van der Waals surface area contributed by atoms with E-state index in [-0.39, 0.29) is 5.91 Å². The van der Waals surface area contributed by atoms with E-state index in [1.165, 1.54) is 6.08 Å². The molecular weight excluding hydrogens is 283 g/mol. The fraction of sp³-hybridized carbons (Fsp3) is 0.357. The van der Waals surface area contributed by atoms with Crippen molar-refractivity contribution in [2.75, 3.05) is 19.6 Å². The van der Waals surface area contributed by atoms with Crippen LogP contribution in [-0.2, 0) is 4.79 Å². The predicted octanol–water partition coefficient (Wildman–Crippen LogP) is 2.81. The Labute approximate surface area is 123 Å². The van der Waals surface area contributed by atoms with Crippen molar-refractivity contribution in [3.63, 3.8) is 0 Å².